The van der Waals surface area contributed by atoms with E-state index in [4.69, 9.17) is 22.2 Å². The minimum absolute atomic E-state index is 0.203. The van der Waals surface area contributed by atoms with Crippen LogP contribution in [0.1, 0.15) is 11.1 Å². The van der Waals surface area contributed by atoms with Crippen LogP contribution >= 0.6 is 11.6 Å². The van der Waals surface area contributed by atoms with Crippen molar-refractivity contribution in [1.29, 1.82) is 0 Å². The van der Waals surface area contributed by atoms with Crippen LogP contribution in [0, 0.1) is 12.7 Å². The summed E-state index contributed by atoms with van der Waals surface area (Å²) in [4.78, 5) is 4.46. The third-order valence-electron chi connectivity index (χ3n) is 2.23. The lowest BCUT2D eigenvalue weighted by molar-refractivity contribution is 0.140. The fourth-order valence-electron chi connectivity index (χ4n) is 1.43. The molecule has 84 valence electrons. The first-order valence-electron chi connectivity index (χ1n) is 4.45. The van der Waals surface area contributed by atoms with Crippen molar-refractivity contribution in [2.75, 3.05) is 13.7 Å². The van der Waals surface area contributed by atoms with Gasteiger partial charge in [-0.05, 0) is 18.6 Å². The van der Waals surface area contributed by atoms with E-state index in [9.17, 15) is 4.39 Å². The van der Waals surface area contributed by atoms with Gasteiger partial charge in [-0.25, -0.2) is 10.3 Å². The first-order valence-corrected chi connectivity index (χ1v) is 4.82. The van der Waals surface area contributed by atoms with Gasteiger partial charge in [-0.15, -0.1) is 0 Å². The number of halogens is 2. The molecule has 3 nitrogen and oxygen atoms in total. The van der Waals surface area contributed by atoms with Crippen LogP contribution < -0.4 is 10.6 Å². The molecule has 2 N–H and O–H groups in total. The summed E-state index contributed by atoms with van der Waals surface area (Å²) in [7, 11) is 1.42. The van der Waals surface area contributed by atoms with Gasteiger partial charge in [0.05, 0.1) is 13.7 Å². The molecule has 0 saturated heterocycles. The second-order valence-corrected chi connectivity index (χ2v) is 3.51. The Hall–Kier alpha value is -0.840. The van der Waals surface area contributed by atoms with Gasteiger partial charge < -0.3 is 9.57 Å². The smallest absolute Gasteiger partial charge is 0.166 e. The average molecular weight is 234 g/mol. The monoisotopic (exact) mass is 233 g/mol. The molecule has 0 radical (unpaired) electrons. The Labute approximate surface area is 92.9 Å². The summed E-state index contributed by atoms with van der Waals surface area (Å²) in [5.74, 6) is 4.66. The Balaban J connectivity index is 3.18. The molecule has 0 aliphatic heterocycles. The zero-order valence-corrected chi connectivity index (χ0v) is 9.40. The molecule has 0 aliphatic rings. The third kappa shape index (κ3) is 2.59. The fourth-order valence-corrected chi connectivity index (χ4v) is 1.64. The molecule has 0 bridgehead atoms. The van der Waals surface area contributed by atoms with Crippen LogP contribution in [-0.4, -0.2) is 13.7 Å². The zero-order valence-electron chi connectivity index (χ0n) is 8.64. The van der Waals surface area contributed by atoms with Gasteiger partial charge in [-0.3, -0.25) is 0 Å². The first kappa shape index (κ1) is 12.2. The van der Waals surface area contributed by atoms with E-state index < -0.39 is 5.82 Å². The number of methoxy groups -OCH3 is 1. The molecule has 5 heteroatoms. The molecule has 1 aromatic rings. The van der Waals surface area contributed by atoms with Crippen LogP contribution in [0.5, 0.6) is 5.75 Å². The van der Waals surface area contributed by atoms with Crippen molar-refractivity contribution in [3.63, 3.8) is 0 Å². The molecule has 0 amide bonds. The highest BCUT2D eigenvalue weighted by Gasteiger charge is 2.15. The van der Waals surface area contributed by atoms with Crippen molar-refractivity contribution < 1.29 is 14.0 Å². The molecule has 0 spiro atoms. The molecule has 0 unspecified atom stereocenters. The van der Waals surface area contributed by atoms with E-state index in [2.05, 4.69) is 4.84 Å². The van der Waals surface area contributed by atoms with Gasteiger partial charge in [0.2, 0.25) is 0 Å². The van der Waals surface area contributed by atoms with Crippen molar-refractivity contribution in [1.82, 2.24) is 0 Å². The standard InChI is InChI=1S/C10H13ClFNO2/c1-6-7(3-4-15-13)10(14-2)9(12)5-8(6)11/h5H,3-4,13H2,1-2H3. The molecular weight excluding hydrogens is 221 g/mol. The van der Waals surface area contributed by atoms with Crippen LogP contribution in [0.2, 0.25) is 5.02 Å². The Morgan fingerprint density at radius 1 is 1.53 bits per heavy atom. The quantitative estimate of drug-likeness (QED) is 0.812. The van der Waals surface area contributed by atoms with E-state index in [-0.39, 0.29) is 12.4 Å². The summed E-state index contributed by atoms with van der Waals surface area (Å²) in [5.41, 5.74) is 1.47. The third-order valence-corrected chi connectivity index (χ3v) is 2.62. The van der Waals surface area contributed by atoms with E-state index in [1.807, 2.05) is 0 Å². The maximum absolute atomic E-state index is 13.4. The Morgan fingerprint density at radius 3 is 2.73 bits per heavy atom. The van der Waals surface area contributed by atoms with Crippen molar-refractivity contribution in [2.45, 2.75) is 13.3 Å². The second-order valence-electron chi connectivity index (χ2n) is 3.10. The summed E-state index contributed by atoms with van der Waals surface area (Å²) in [6.07, 6.45) is 0.461. The maximum atomic E-state index is 13.4. The summed E-state index contributed by atoms with van der Waals surface area (Å²) < 4.78 is 18.4. The first-order chi connectivity index (χ1) is 7.11. The van der Waals surface area contributed by atoms with Gasteiger partial charge in [0.15, 0.2) is 11.6 Å². The largest absolute Gasteiger partial charge is 0.493 e. The van der Waals surface area contributed by atoms with Crippen LogP contribution in [0.25, 0.3) is 0 Å². The minimum Gasteiger partial charge on any atom is -0.493 e. The molecule has 0 saturated carbocycles. The SMILES string of the molecule is COc1c(F)cc(Cl)c(C)c1CCON. The normalized spacial score (nSPS) is 10.5. The number of benzene rings is 1. The van der Waals surface area contributed by atoms with Gasteiger partial charge in [0.1, 0.15) is 0 Å². The molecule has 0 aliphatic carbocycles. The molecule has 1 rings (SSSR count). The van der Waals surface area contributed by atoms with Gasteiger partial charge in [0.25, 0.3) is 0 Å². The van der Waals surface area contributed by atoms with Gasteiger partial charge >= 0.3 is 0 Å². The van der Waals surface area contributed by atoms with E-state index in [1.165, 1.54) is 13.2 Å². The number of hydrogen-bond acceptors (Lipinski definition) is 3. The van der Waals surface area contributed by atoms with E-state index >= 15 is 0 Å². The van der Waals surface area contributed by atoms with Gasteiger partial charge in [-0.1, -0.05) is 11.6 Å². The van der Waals surface area contributed by atoms with Crippen LogP contribution in [-0.2, 0) is 11.3 Å². The fraction of sp³-hybridized carbons (Fsp3) is 0.400. The van der Waals surface area contributed by atoms with Crippen LogP contribution in [0.3, 0.4) is 0 Å². The lowest BCUT2D eigenvalue weighted by atomic mass is 10.0. The predicted octanol–water partition coefficient (Wildman–Crippen LogP) is 2.23. The van der Waals surface area contributed by atoms with Crippen LogP contribution in [0.4, 0.5) is 4.39 Å². The average Bonchev–Trinajstić information content (AvgIpc) is 2.21. The Bertz CT molecular complexity index is 358. The maximum Gasteiger partial charge on any atom is 0.166 e. The molecule has 0 heterocycles. The van der Waals surface area contributed by atoms with Crippen molar-refractivity contribution >= 4 is 11.6 Å². The van der Waals surface area contributed by atoms with Crippen LogP contribution in [0.15, 0.2) is 6.07 Å². The molecule has 15 heavy (non-hydrogen) atoms. The molecule has 0 aromatic heterocycles. The highest BCUT2D eigenvalue weighted by atomic mass is 35.5. The molecule has 1 aromatic carbocycles. The van der Waals surface area contributed by atoms with Gasteiger partial charge in [-0.2, -0.15) is 0 Å². The number of ether oxygens (including phenoxy) is 1. The minimum atomic E-state index is -0.472. The van der Waals surface area contributed by atoms with Crippen molar-refractivity contribution in [2.24, 2.45) is 5.90 Å². The molecular formula is C10H13ClFNO2. The van der Waals surface area contributed by atoms with Gasteiger partial charge in [0, 0.05) is 17.0 Å². The number of rotatable bonds is 4. The van der Waals surface area contributed by atoms with E-state index in [0.29, 0.717) is 17.0 Å². The van der Waals surface area contributed by atoms with Crippen molar-refractivity contribution in [3.8, 4) is 5.75 Å². The topological polar surface area (TPSA) is 44.5 Å². The summed E-state index contributed by atoms with van der Waals surface area (Å²) in [6.45, 7) is 2.09. The second kappa shape index (κ2) is 5.30. The molecule has 0 fully saturated rings. The van der Waals surface area contributed by atoms with Crippen molar-refractivity contribution in [3.05, 3.63) is 28.0 Å². The summed E-state index contributed by atoms with van der Waals surface area (Å²) in [5, 5.41) is 0.375. The highest BCUT2D eigenvalue weighted by Crippen LogP contribution is 2.31. The lowest BCUT2D eigenvalue weighted by Crippen LogP contribution is -2.07. The predicted molar refractivity (Wildman–Crippen MR) is 56.5 cm³/mol. The number of nitrogens with two attached hydrogens (primary N) is 1. The lowest BCUT2D eigenvalue weighted by Gasteiger charge is -2.13. The van der Waals surface area contributed by atoms with E-state index in [0.717, 1.165) is 5.56 Å². The Morgan fingerprint density at radius 2 is 2.20 bits per heavy atom. The highest BCUT2D eigenvalue weighted by molar-refractivity contribution is 6.31. The Kier molecular flexibility index (Phi) is 4.32. The molecule has 0 atom stereocenters. The summed E-state index contributed by atoms with van der Waals surface area (Å²) in [6, 6.07) is 1.24. The summed E-state index contributed by atoms with van der Waals surface area (Å²) >= 11 is 5.86. The number of hydrogen-bond donors (Lipinski definition) is 1. The van der Waals surface area contributed by atoms with E-state index in [1.54, 1.807) is 6.92 Å². The zero-order chi connectivity index (χ0) is 11.4.